The van der Waals surface area contributed by atoms with E-state index in [1.165, 1.54) is 31.9 Å². The molecule has 1 amide bonds. The number of nitrogens with one attached hydrogen (secondary N) is 1. The molecule has 1 aliphatic carbocycles. The summed E-state index contributed by atoms with van der Waals surface area (Å²) in [4.78, 5) is 35.1. The molecule has 0 spiro atoms. The Morgan fingerprint density at radius 1 is 1.26 bits per heavy atom. The Kier molecular flexibility index (Phi) is 7.57. The van der Waals surface area contributed by atoms with Gasteiger partial charge < -0.3 is 14.8 Å². The molecule has 148 valence electrons. The van der Waals surface area contributed by atoms with E-state index in [2.05, 4.69) is 5.32 Å². The van der Waals surface area contributed by atoms with Crippen LogP contribution in [0.4, 0.5) is 5.69 Å². The van der Waals surface area contributed by atoms with Gasteiger partial charge in [0.25, 0.3) is 5.91 Å². The van der Waals surface area contributed by atoms with E-state index in [9.17, 15) is 19.7 Å². The molecule has 1 saturated carbocycles. The minimum atomic E-state index is -0.980. The number of amides is 1. The number of ether oxygens (including phenoxy) is 2. The zero-order chi connectivity index (χ0) is 19.8. The SMILES string of the molecule is CCOc1ccc(C(=O)O[C@H](C)C(=O)NC2CCCCCC2)cc1[N+](=O)[O-]. The van der Waals surface area contributed by atoms with Crippen molar-refractivity contribution in [2.45, 2.75) is 64.5 Å². The summed E-state index contributed by atoms with van der Waals surface area (Å²) in [5.41, 5.74) is -0.318. The topological polar surface area (TPSA) is 108 Å². The van der Waals surface area contributed by atoms with Crippen LogP contribution in [0.5, 0.6) is 5.75 Å². The lowest BCUT2D eigenvalue weighted by Crippen LogP contribution is -2.41. The minimum absolute atomic E-state index is 0.000676. The van der Waals surface area contributed by atoms with Gasteiger partial charge in [0.1, 0.15) is 0 Å². The smallest absolute Gasteiger partial charge is 0.339 e. The van der Waals surface area contributed by atoms with Gasteiger partial charge in [0.15, 0.2) is 11.9 Å². The monoisotopic (exact) mass is 378 g/mol. The Morgan fingerprint density at radius 2 is 1.93 bits per heavy atom. The number of nitro benzene ring substituents is 1. The molecule has 0 heterocycles. The van der Waals surface area contributed by atoms with Crippen LogP contribution < -0.4 is 10.1 Å². The average molecular weight is 378 g/mol. The first-order chi connectivity index (χ1) is 12.9. The molecule has 1 N–H and O–H groups in total. The summed E-state index contributed by atoms with van der Waals surface area (Å²) in [6, 6.07) is 3.95. The van der Waals surface area contributed by atoms with Crippen LogP contribution in [0, 0.1) is 10.1 Å². The minimum Gasteiger partial charge on any atom is -0.487 e. The first-order valence-electron chi connectivity index (χ1n) is 9.35. The van der Waals surface area contributed by atoms with Crippen molar-refractivity contribution in [1.29, 1.82) is 0 Å². The largest absolute Gasteiger partial charge is 0.487 e. The second kappa shape index (κ2) is 9.89. The van der Waals surface area contributed by atoms with E-state index in [-0.39, 0.29) is 35.6 Å². The van der Waals surface area contributed by atoms with Crippen molar-refractivity contribution in [1.82, 2.24) is 5.32 Å². The van der Waals surface area contributed by atoms with Crippen LogP contribution >= 0.6 is 0 Å². The Bertz CT molecular complexity index is 683. The number of hydrogen-bond donors (Lipinski definition) is 1. The molecule has 0 bridgehead atoms. The summed E-state index contributed by atoms with van der Waals surface area (Å²) >= 11 is 0. The highest BCUT2D eigenvalue weighted by molar-refractivity contribution is 5.93. The molecule has 1 fully saturated rings. The van der Waals surface area contributed by atoms with Crippen molar-refractivity contribution in [3.8, 4) is 5.75 Å². The third-order valence-electron chi connectivity index (χ3n) is 4.55. The molecule has 0 unspecified atom stereocenters. The first-order valence-corrected chi connectivity index (χ1v) is 9.35. The highest BCUT2D eigenvalue weighted by atomic mass is 16.6. The highest BCUT2D eigenvalue weighted by Gasteiger charge is 2.24. The van der Waals surface area contributed by atoms with Crippen LogP contribution in [0.15, 0.2) is 18.2 Å². The van der Waals surface area contributed by atoms with E-state index in [1.807, 2.05) is 0 Å². The van der Waals surface area contributed by atoms with Crippen LogP contribution in [0.3, 0.4) is 0 Å². The third kappa shape index (κ3) is 5.94. The van der Waals surface area contributed by atoms with Gasteiger partial charge in [-0.25, -0.2) is 4.79 Å². The highest BCUT2D eigenvalue weighted by Crippen LogP contribution is 2.28. The van der Waals surface area contributed by atoms with Gasteiger partial charge in [-0.3, -0.25) is 14.9 Å². The van der Waals surface area contributed by atoms with Crippen molar-refractivity contribution in [2.24, 2.45) is 0 Å². The second-order valence-electron chi connectivity index (χ2n) is 6.62. The summed E-state index contributed by atoms with van der Waals surface area (Å²) < 4.78 is 10.4. The molecule has 1 atom stereocenters. The Labute approximate surface area is 158 Å². The van der Waals surface area contributed by atoms with E-state index in [0.717, 1.165) is 31.7 Å². The van der Waals surface area contributed by atoms with Gasteiger partial charge in [-0.1, -0.05) is 25.7 Å². The lowest BCUT2D eigenvalue weighted by atomic mass is 10.1. The molecule has 0 radical (unpaired) electrons. The fraction of sp³-hybridized carbons (Fsp3) is 0.579. The van der Waals surface area contributed by atoms with Gasteiger partial charge in [0.2, 0.25) is 0 Å². The molecular weight excluding hydrogens is 352 g/mol. The number of benzene rings is 1. The maximum atomic E-state index is 12.3. The maximum absolute atomic E-state index is 12.3. The van der Waals surface area contributed by atoms with Crippen molar-refractivity contribution in [2.75, 3.05) is 6.61 Å². The summed E-state index contributed by atoms with van der Waals surface area (Å²) in [5.74, 6) is -1.06. The Hall–Kier alpha value is -2.64. The summed E-state index contributed by atoms with van der Waals surface area (Å²) in [7, 11) is 0. The molecule has 1 aromatic carbocycles. The van der Waals surface area contributed by atoms with E-state index in [1.54, 1.807) is 6.92 Å². The van der Waals surface area contributed by atoms with Crippen LogP contribution in [0.2, 0.25) is 0 Å². The summed E-state index contributed by atoms with van der Waals surface area (Å²) in [6.07, 6.45) is 5.38. The fourth-order valence-electron chi connectivity index (χ4n) is 3.09. The molecule has 0 aliphatic heterocycles. The zero-order valence-electron chi connectivity index (χ0n) is 15.7. The van der Waals surface area contributed by atoms with Crippen LogP contribution in [-0.2, 0) is 9.53 Å². The second-order valence-corrected chi connectivity index (χ2v) is 6.62. The van der Waals surface area contributed by atoms with Crippen molar-refractivity contribution < 1.29 is 24.0 Å². The predicted octanol–water partition coefficient (Wildman–Crippen LogP) is 3.38. The molecule has 27 heavy (non-hydrogen) atoms. The summed E-state index contributed by atoms with van der Waals surface area (Å²) in [6.45, 7) is 3.47. The molecule has 8 nitrogen and oxygen atoms in total. The molecule has 0 aromatic heterocycles. The maximum Gasteiger partial charge on any atom is 0.339 e. The third-order valence-corrected chi connectivity index (χ3v) is 4.55. The van der Waals surface area contributed by atoms with E-state index in [4.69, 9.17) is 9.47 Å². The van der Waals surface area contributed by atoms with Crippen LogP contribution in [0.1, 0.15) is 62.7 Å². The van der Waals surface area contributed by atoms with Gasteiger partial charge in [-0.15, -0.1) is 0 Å². The number of nitro groups is 1. The number of esters is 1. The van der Waals surface area contributed by atoms with Crippen LogP contribution in [-0.4, -0.2) is 35.6 Å². The quantitative estimate of drug-likeness (QED) is 0.337. The summed E-state index contributed by atoms with van der Waals surface area (Å²) in [5, 5.41) is 14.1. The van der Waals surface area contributed by atoms with Crippen molar-refractivity contribution >= 4 is 17.6 Å². The number of hydrogen-bond acceptors (Lipinski definition) is 6. The predicted molar refractivity (Wildman–Crippen MR) is 98.8 cm³/mol. The average Bonchev–Trinajstić information content (AvgIpc) is 2.90. The Morgan fingerprint density at radius 3 is 2.52 bits per heavy atom. The standard InChI is InChI=1S/C19H26N2O6/c1-3-26-17-11-10-14(12-16(17)21(24)25)19(23)27-13(2)18(22)20-15-8-6-4-5-7-9-15/h10-13,15H,3-9H2,1-2H3,(H,20,22)/t13-/m1/s1. The molecule has 1 aromatic rings. The molecule has 1 aliphatic rings. The first kappa shape index (κ1) is 20.7. The van der Waals surface area contributed by atoms with Gasteiger partial charge in [-0.05, 0) is 38.8 Å². The lowest BCUT2D eigenvalue weighted by molar-refractivity contribution is -0.385. The zero-order valence-corrected chi connectivity index (χ0v) is 15.7. The van der Waals surface area contributed by atoms with E-state index in [0.29, 0.717) is 0 Å². The Balaban J connectivity index is 1.99. The molecule has 0 saturated heterocycles. The van der Waals surface area contributed by atoms with Gasteiger partial charge in [0.05, 0.1) is 17.1 Å². The van der Waals surface area contributed by atoms with Gasteiger partial charge in [-0.2, -0.15) is 0 Å². The molecule has 8 heteroatoms. The number of carbonyl (C=O) groups is 2. The lowest BCUT2D eigenvalue weighted by Gasteiger charge is -2.19. The molecule has 2 rings (SSSR count). The fourth-order valence-corrected chi connectivity index (χ4v) is 3.09. The number of nitrogens with zero attached hydrogens (tertiary/aromatic N) is 1. The van der Waals surface area contributed by atoms with E-state index < -0.39 is 17.0 Å². The normalized spacial score (nSPS) is 16.1. The van der Waals surface area contributed by atoms with Crippen molar-refractivity contribution in [3.05, 3.63) is 33.9 Å². The van der Waals surface area contributed by atoms with Crippen molar-refractivity contribution in [3.63, 3.8) is 0 Å². The van der Waals surface area contributed by atoms with Gasteiger partial charge >= 0.3 is 11.7 Å². The van der Waals surface area contributed by atoms with Crippen LogP contribution in [0.25, 0.3) is 0 Å². The van der Waals surface area contributed by atoms with Gasteiger partial charge in [0, 0.05) is 12.1 Å². The number of carbonyl (C=O) groups excluding carboxylic acids is 2. The number of rotatable bonds is 7. The molecular formula is C19H26N2O6. The van der Waals surface area contributed by atoms with E-state index >= 15 is 0 Å².